The molecule has 3 nitrogen and oxygen atoms in total. The van der Waals surface area contributed by atoms with Gasteiger partial charge in [0.1, 0.15) is 5.58 Å². The summed E-state index contributed by atoms with van der Waals surface area (Å²) >= 11 is -1.86. The third-order valence-electron chi connectivity index (χ3n) is 9.67. The summed E-state index contributed by atoms with van der Waals surface area (Å²) in [6, 6.07) is 33.7. The van der Waals surface area contributed by atoms with Gasteiger partial charge in [0.15, 0.2) is 0 Å². The molecular formula is C43H48GeIrN2O-2. The maximum absolute atomic E-state index is 6.18. The Hall–Kier alpha value is -3.05. The maximum Gasteiger partial charge on any atom is 0.120 e. The predicted molar refractivity (Wildman–Crippen MR) is 201 cm³/mol. The van der Waals surface area contributed by atoms with Crippen molar-refractivity contribution < 1.29 is 24.5 Å². The number of fused-ring (bicyclic) bond motifs is 3. The summed E-state index contributed by atoms with van der Waals surface area (Å²) in [6.45, 7) is 6.95. The minimum atomic E-state index is -1.86. The number of pyridine rings is 2. The summed E-state index contributed by atoms with van der Waals surface area (Å²) in [7, 11) is 0. The minimum absolute atomic E-state index is 0. The minimum Gasteiger partial charge on any atom is -0.501 e. The van der Waals surface area contributed by atoms with Crippen molar-refractivity contribution in [3.8, 4) is 22.5 Å². The molecule has 0 aliphatic heterocycles. The van der Waals surface area contributed by atoms with Crippen LogP contribution in [0.2, 0.25) is 17.3 Å². The molecule has 1 aliphatic carbocycles. The van der Waals surface area contributed by atoms with Gasteiger partial charge in [-0.15, -0.1) is 18.2 Å². The van der Waals surface area contributed by atoms with E-state index < -0.39 is 13.3 Å². The standard InChI is InChI=1S/C25H24NO.C18H24GeN.Ir/c1-17(18-8-3-2-4-9-18)19-14-15-26-23(16-19)22-12-7-11-21-20-10-5-6-13-24(20)27-25(21)22;1-14(2)11-16-12-18(15-9-7-6-8-10-15)20-13-17(16)19(3,4)5;/h5-7,10-11,13-18H,2-4,8-9H2,1H3;6-9,12-14H,11H2,1-5H3;/q2*-1;. The van der Waals surface area contributed by atoms with Gasteiger partial charge in [-0.2, -0.15) is 0 Å². The summed E-state index contributed by atoms with van der Waals surface area (Å²) in [6.07, 6.45) is 12.1. The summed E-state index contributed by atoms with van der Waals surface area (Å²) in [4.78, 5) is 9.37. The van der Waals surface area contributed by atoms with E-state index in [1.165, 1.54) is 43.2 Å². The SMILES string of the molecule is CC(C)Cc1cc(-c2[c-]cccc2)nc[c]1[Ge]([CH3])([CH3])[CH3].CC(c1ccnc(-c2[c-]ccc3c2oc2ccccc23)c1)C1CCCCC1.[Ir]. The van der Waals surface area contributed by atoms with E-state index >= 15 is 0 Å². The van der Waals surface area contributed by atoms with Gasteiger partial charge < -0.3 is 9.40 Å². The number of hydrogen-bond donors (Lipinski definition) is 0. The Balaban J connectivity index is 0.000000193. The van der Waals surface area contributed by atoms with Crippen LogP contribution in [0.15, 0.2) is 95.7 Å². The largest absolute Gasteiger partial charge is 0.501 e. The fourth-order valence-electron chi connectivity index (χ4n) is 7.13. The van der Waals surface area contributed by atoms with Crippen LogP contribution < -0.4 is 4.40 Å². The average Bonchev–Trinajstić information content (AvgIpc) is 3.47. The van der Waals surface area contributed by atoms with Crippen LogP contribution in [0.4, 0.5) is 0 Å². The average molecular weight is 874 g/mol. The Kier molecular flexibility index (Phi) is 12.2. The quantitative estimate of drug-likeness (QED) is 0.118. The molecule has 3 heterocycles. The summed E-state index contributed by atoms with van der Waals surface area (Å²) < 4.78 is 7.72. The molecule has 1 atom stereocenters. The van der Waals surface area contributed by atoms with Crippen LogP contribution in [0.3, 0.4) is 0 Å². The van der Waals surface area contributed by atoms with Crippen LogP contribution in [-0.2, 0) is 26.5 Å². The molecule has 1 radical (unpaired) electrons. The second kappa shape index (κ2) is 16.1. The smallest absolute Gasteiger partial charge is 0.120 e. The first-order valence-electron chi connectivity index (χ1n) is 17.4. The molecule has 0 spiro atoms. The summed E-state index contributed by atoms with van der Waals surface area (Å²) in [5.41, 5.74) is 8.74. The van der Waals surface area contributed by atoms with Crippen LogP contribution >= 0.6 is 0 Å². The molecule has 0 N–H and O–H groups in total. The topological polar surface area (TPSA) is 38.9 Å². The number of furan rings is 1. The van der Waals surface area contributed by atoms with E-state index in [-0.39, 0.29) is 20.1 Å². The molecule has 0 bridgehead atoms. The molecule has 1 saturated carbocycles. The third-order valence-corrected chi connectivity index (χ3v) is 14.0. The second-order valence-electron chi connectivity index (χ2n) is 14.7. The molecule has 3 aromatic carbocycles. The number of para-hydroxylation sites is 1. The van der Waals surface area contributed by atoms with Gasteiger partial charge in [-0.3, -0.25) is 0 Å². The second-order valence-corrected chi connectivity index (χ2v) is 25.3. The van der Waals surface area contributed by atoms with E-state index in [4.69, 9.17) is 9.40 Å². The fourth-order valence-corrected chi connectivity index (χ4v) is 10.5. The fraction of sp³-hybridized carbons (Fsp3) is 0.349. The maximum atomic E-state index is 6.18. The Morgan fingerprint density at radius 1 is 0.812 bits per heavy atom. The van der Waals surface area contributed by atoms with Gasteiger partial charge in [0.2, 0.25) is 0 Å². The number of rotatable bonds is 7. The molecular weight excluding hydrogens is 825 g/mol. The molecule has 251 valence electrons. The summed E-state index contributed by atoms with van der Waals surface area (Å²) in [5, 5.41) is 2.28. The zero-order chi connectivity index (χ0) is 33.0. The van der Waals surface area contributed by atoms with E-state index in [1.54, 1.807) is 4.40 Å². The molecule has 1 fully saturated rings. The van der Waals surface area contributed by atoms with Gasteiger partial charge in [0.05, 0.1) is 5.58 Å². The molecule has 0 amide bonds. The Morgan fingerprint density at radius 3 is 2.31 bits per heavy atom. The van der Waals surface area contributed by atoms with Crippen molar-refractivity contribution >= 4 is 39.6 Å². The molecule has 1 unspecified atom stereocenters. The van der Waals surface area contributed by atoms with Crippen molar-refractivity contribution in [2.24, 2.45) is 11.8 Å². The van der Waals surface area contributed by atoms with Crippen molar-refractivity contribution in [1.82, 2.24) is 9.97 Å². The van der Waals surface area contributed by atoms with Gasteiger partial charge in [-0.05, 0) is 42.5 Å². The van der Waals surface area contributed by atoms with Crippen molar-refractivity contribution in [3.05, 3.63) is 115 Å². The molecule has 6 aromatic rings. The number of nitrogens with zero attached hydrogens (tertiary/aromatic N) is 2. The van der Waals surface area contributed by atoms with E-state index in [1.807, 2.05) is 42.6 Å². The Morgan fingerprint density at radius 2 is 1.58 bits per heavy atom. The Labute approximate surface area is 303 Å². The number of aromatic nitrogens is 2. The first-order valence-corrected chi connectivity index (χ1v) is 24.8. The van der Waals surface area contributed by atoms with E-state index in [2.05, 4.69) is 104 Å². The van der Waals surface area contributed by atoms with Crippen LogP contribution in [0.25, 0.3) is 44.5 Å². The van der Waals surface area contributed by atoms with Gasteiger partial charge in [-0.1, -0.05) is 67.0 Å². The van der Waals surface area contributed by atoms with Gasteiger partial charge in [0.25, 0.3) is 0 Å². The zero-order valence-corrected chi connectivity index (χ0v) is 33.8. The molecule has 7 rings (SSSR count). The van der Waals surface area contributed by atoms with Crippen molar-refractivity contribution in [3.63, 3.8) is 0 Å². The summed E-state index contributed by atoms with van der Waals surface area (Å²) in [5.74, 6) is 9.36. The third kappa shape index (κ3) is 8.38. The van der Waals surface area contributed by atoms with Crippen LogP contribution in [-0.4, -0.2) is 23.2 Å². The number of benzene rings is 3. The molecule has 1 aliphatic rings. The van der Waals surface area contributed by atoms with Gasteiger partial charge >= 0.3 is 126 Å². The first kappa shape index (κ1) is 36.2. The van der Waals surface area contributed by atoms with Gasteiger partial charge in [0, 0.05) is 31.7 Å². The van der Waals surface area contributed by atoms with Crippen molar-refractivity contribution in [2.75, 3.05) is 0 Å². The van der Waals surface area contributed by atoms with Crippen LogP contribution in [0.1, 0.15) is 69.9 Å². The molecule has 48 heavy (non-hydrogen) atoms. The molecule has 0 saturated heterocycles. The number of hydrogen-bond acceptors (Lipinski definition) is 3. The zero-order valence-electron chi connectivity index (χ0n) is 29.3. The molecule has 5 heteroatoms. The molecule has 3 aromatic heterocycles. The Bertz CT molecular complexity index is 1940. The van der Waals surface area contributed by atoms with Crippen molar-refractivity contribution in [1.29, 1.82) is 0 Å². The first-order chi connectivity index (χ1) is 22.7. The normalized spacial score (nSPS) is 14.4. The van der Waals surface area contributed by atoms with E-state index in [9.17, 15) is 0 Å². The van der Waals surface area contributed by atoms with Crippen LogP contribution in [0.5, 0.6) is 0 Å². The van der Waals surface area contributed by atoms with Crippen molar-refractivity contribution in [2.45, 2.75) is 82.5 Å². The van der Waals surface area contributed by atoms with E-state index in [0.29, 0.717) is 11.8 Å². The predicted octanol–water partition coefficient (Wildman–Crippen LogP) is 11.4. The van der Waals surface area contributed by atoms with E-state index in [0.717, 1.165) is 56.8 Å². The van der Waals surface area contributed by atoms with Gasteiger partial charge in [-0.25, -0.2) is 0 Å². The monoisotopic (exact) mass is 875 g/mol. The van der Waals surface area contributed by atoms with Crippen LogP contribution in [0, 0.1) is 24.0 Å².